The highest BCUT2D eigenvalue weighted by Crippen LogP contribution is 2.41. The molecule has 0 fully saturated rings. The maximum atomic E-state index is 12.9. The SMILES string of the molecule is CC(=O)N1C(=O)/C(=C(/CO)c2ccccc2)c2ccc(C(=O)CO)cc21. The van der Waals surface area contributed by atoms with Crippen LogP contribution < -0.4 is 4.90 Å². The molecule has 26 heavy (non-hydrogen) atoms. The summed E-state index contributed by atoms with van der Waals surface area (Å²) in [6.45, 7) is 0.210. The lowest BCUT2D eigenvalue weighted by molar-refractivity contribution is -0.122. The molecule has 0 atom stereocenters. The van der Waals surface area contributed by atoms with Crippen LogP contribution in [0.4, 0.5) is 5.69 Å². The van der Waals surface area contributed by atoms with Crippen molar-refractivity contribution in [2.45, 2.75) is 6.92 Å². The van der Waals surface area contributed by atoms with Crippen LogP contribution in [0.1, 0.15) is 28.4 Å². The number of rotatable bonds is 4. The van der Waals surface area contributed by atoms with Gasteiger partial charge in [0.15, 0.2) is 5.78 Å². The fourth-order valence-electron chi connectivity index (χ4n) is 3.09. The molecular weight excluding hydrogens is 334 g/mol. The number of imide groups is 1. The van der Waals surface area contributed by atoms with Crippen molar-refractivity contribution in [2.24, 2.45) is 0 Å². The summed E-state index contributed by atoms with van der Waals surface area (Å²) in [5.41, 5.74) is 2.25. The van der Waals surface area contributed by atoms with E-state index in [4.69, 9.17) is 5.11 Å². The van der Waals surface area contributed by atoms with E-state index in [0.29, 0.717) is 16.7 Å². The van der Waals surface area contributed by atoms with Crippen LogP contribution in [-0.4, -0.2) is 41.0 Å². The molecule has 6 heteroatoms. The Labute approximate surface area is 150 Å². The molecule has 1 heterocycles. The van der Waals surface area contributed by atoms with E-state index in [-0.39, 0.29) is 23.4 Å². The first kappa shape index (κ1) is 17.7. The lowest BCUT2D eigenvalue weighted by Crippen LogP contribution is -2.31. The second kappa shape index (κ2) is 7.03. The van der Waals surface area contributed by atoms with Gasteiger partial charge in [-0.3, -0.25) is 14.4 Å². The second-order valence-corrected chi connectivity index (χ2v) is 5.85. The number of hydrogen-bond donors (Lipinski definition) is 2. The molecule has 3 rings (SSSR count). The lowest BCUT2D eigenvalue weighted by atomic mass is 9.95. The Kier molecular flexibility index (Phi) is 4.79. The van der Waals surface area contributed by atoms with Gasteiger partial charge in [0.05, 0.1) is 17.9 Å². The van der Waals surface area contributed by atoms with Crippen molar-refractivity contribution in [1.82, 2.24) is 0 Å². The van der Waals surface area contributed by atoms with Gasteiger partial charge in [0, 0.05) is 18.1 Å². The summed E-state index contributed by atoms with van der Waals surface area (Å²) in [7, 11) is 0. The molecule has 1 aliphatic rings. The molecule has 2 N–H and O–H groups in total. The summed E-state index contributed by atoms with van der Waals surface area (Å²) in [6.07, 6.45) is 0. The van der Waals surface area contributed by atoms with Gasteiger partial charge in [0.25, 0.3) is 5.91 Å². The number of carbonyl (C=O) groups is 3. The molecular formula is C20H17NO5. The number of fused-ring (bicyclic) bond motifs is 1. The quantitative estimate of drug-likeness (QED) is 0.645. The number of hydrogen-bond acceptors (Lipinski definition) is 5. The van der Waals surface area contributed by atoms with Crippen molar-refractivity contribution < 1.29 is 24.6 Å². The Bertz CT molecular complexity index is 930. The monoisotopic (exact) mass is 351 g/mol. The third-order valence-corrected chi connectivity index (χ3v) is 4.29. The molecule has 2 aromatic rings. The van der Waals surface area contributed by atoms with Crippen molar-refractivity contribution in [2.75, 3.05) is 18.1 Å². The van der Waals surface area contributed by atoms with E-state index in [1.54, 1.807) is 30.3 Å². The number of Topliss-reactive ketones (excluding diaryl/α,β-unsaturated/α-hetero) is 1. The van der Waals surface area contributed by atoms with Crippen molar-refractivity contribution >= 4 is 34.4 Å². The van der Waals surface area contributed by atoms with E-state index in [0.717, 1.165) is 4.90 Å². The Morgan fingerprint density at radius 1 is 0.962 bits per heavy atom. The highest BCUT2D eigenvalue weighted by Gasteiger charge is 2.37. The molecule has 0 aromatic heterocycles. The fraction of sp³-hybridized carbons (Fsp3) is 0.150. The van der Waals surface area contributed by atoms with Crippen molar-refractivity contribution in [3.05, 3.63) is 65.2 Å². The van der Waals surface area contributed by atoms with Crippen LogP contribution in [-0.2, 0) is 9.59 Å². The highest BCUT2D eigenvalue weighted by molar-refractivity contribution is 6.43. The predicted molar refractivity (Wildman–Crippen MR) is 96.4 cm³/mol. The summed E-state index contributed by atoms with van der Waals surface area (Å²) < 4.78 is 0. The fourth-order valence-corrected chi connectivity index (χ4v) is 3.09. The van der Waals surface area contributed by atoms with Crippen molar-refractivity contribution in [1.29, 1.82) is 0 Å². The minimum Gasteiger partial charge on any atom is -0.392 e. The summed E-state index contributed by atoms with van der Waals surface area (Å²) in [5, 5.41) is 18.9. The van der Waals surface area contributed by atoms with E-state index in [1.807, 2.05) is 6.07 Å². The van der Waals surface area contributed by atoms with Crippen molar-refractivity contribution in [3.8, 4) is 0 Å². The molecule has 6 nitrogen and oxygen atoms in total. The average Bonchev–Trinajstić information content (AvgIpc) is 2.94. The van der Waals surface area contributed by atoms with Gasteiger partial charge < -0.3 is 10.2 Å². The molecule has 2 aromatic carbocycles. The van der Waals surface area contributed by atoms with Crippen LogP contribution in [0.5, 0.6) is 0 Å². The normalized spacial score (nSPS) is 15.0. The zero-order valence-electron chi connectivity index (χ0n) is 14.1. The Hall–Kier alpha value is -3.09. The summed E-state index contributed by atoms with van der Waals surface area (Å²) >= 11 is 0. The Balaban J connectivity index is 2.27. The zero-order valence-corrected chi connectivity index (χ0v) is 14.1. The van der Waals surface area contributed by atoms with Crippen LogP contribution in [0, 0.1) is 0 Å². The van der Waals surface area contributed by atoms with E-state index in [2.05, 4.69) is 0 Å². The maximum Gasteiger partial charge on any atom is 0.266 e. The first-order valence-electron chi connectivity index (χ1n) is 8.02. The van der Waals surface area contributed by atoms with Crippen LogP contribution in [0.25, 0.3) is 11.1 Å². The van der Waals surface area contributed by atoms with Gasteiger partial charge in [-0.05, 0) is 17.2 Å². The standard InChI is InChI=1S/C20H17NO5/c1-12(24)21-17-9-14(18(25)11-23)7-8-15(17)19(20(21)26)16(10-22)13-5-3-2-4-6-13/h2-9,22-23H,10-11H2,1H3/b19-16-. The van der Waals surface area contributed by atoms with Gasteiger partial charge in [0.1, 0.15) is 6.61 Å². The number of carbonyl (C=O) groups excluding carboxylic acids is 3. The lowest BCUT2D eigenvalue weighted by Gasteiger charge is -2.13. The molecule has 132 valence electrons. The number of benzene rings is 2. The molecule has 0 radical (unpaired) electrons. The highest BCUT2D eigenvalue weighted by atomic mass is 16.3. The molecule has 0 saturated heterocycles. The van der Waals surface area contributed by atoms with Crippen molar-refractivity contribution in [3.63, 3.8) is 0 Å². The van der Waals surface area contributed by atoms with Gasteiger partial charge in [-0.15, -0.1) is 0 Å². The smallest absolute Gasteiger partial charge is 0.266 e. The Morgan fingerprint density at radius 3 is 2.23 bits per heavy atom. The third-order valence-electron chi connectivity index (χ3n) is 4.29. The Morgan fingerprint density at radius 2 is 1.65 bits per heavy atom. The average molecular weight is 351 g/mol. The molecule has 0 saturated carbocycles. The molecule has 0 bridgehead atoms. The third kappa shape index (κ3) is 2.85. The number of nitrogens with zero attached hydrogens (tertiary/aromatic N) is 1. The van der Waals surface area contributed by atoms with Crippen LogP contribution >= 0.6 is 0 Å². The molecule has 2 amide bonds. The number of ketones is 1. The first-order chi connectivity index (χ1) is 12.5. The van der Waals surface area contributed by atoms with Crippen LogP contribution in [0.15, 0.2) is 48.5 Å². The minimum absolute atomic E-state index is 0.205. The van der Waals surface area contributed by atoms with Gasteiger partial charge >= 0.3 is 0 Å². The van der Waals surface area contributed by atoms with Gasteiger partial charge in [0.2, 0.25) is 5.91 Å². The number of amides is 2. The van der Waals surface area contributed by atoms with Crippen LogP contribution in [0.2, 0.25) is 0 Å². The number of aliphatic hydroxyl groups excluding tert-OH is 2. The maximum absolute atomic E-state index is 12.9. The van der Waals surface area contributed by atoms with Gasteiger partial charge in [-0.1, -0.05) is 42.5 Å². The second-order valence-electron chi connectivity index (χ2n) is 5.85. The first-order valence-corrected chi connectivity index (χ1v) is 8.02. The predicted octanol–water partition coefficient (Wildman–Crippen LogP) is 1.66. The van der Waals surface area contributed by atoms with Gasteiger partial charge in [-0.25, -0.2) is 4.90 Å². The molecule has 1 aliphatic heterocycles. The number of anilines is 1. The minimum atomic E-state index is -0.665. The van der Waals surface area contributed by atoms with Gasteiger partial charge in [-0.2, -0.15) is 0 Å². The molecule has 0 aliphatic carbocycles. The number of aliphatic hydroxyl groups is 2. The molecule has 0 unspecified atom stereocenters. The van der Waals surface area contributed by atoms with E-state index < -0.39 is 24.2 Å². The largest absolute Gasteiger partial charge is 0.392 e. The summed E-state index contributed by atoms with van der Waals surface area (Å²) in [6, 6.07) is 13.4. The zero-order chi connectivity index (χ0) is 18.8. The topological polar surface area (TPSA) is 94.9 Å². The van der Waals surface area contributed by atoms with E-state index >= 15 is 0 Å². The molecule has 0 spiro atoms. The van der Waals surface area contributed by atoms with E-state index in [1.165, 1.54) is 19.1 Å². The summed E-state index contributed by atoms with van der Waals surface area (Å²) in [4.78, 5) is 37.7. The summed E-state index contributed by atoms with van der Waals surface area (Å²) in [5.74, 6) is -1.55. The van der Waals surface area contributed by atoms with Crippen LogP contribution in [0.3, 0.4) is 0 Å². The van der Waals surface area contributed by atoms with E-state index in [9.17, 15) is 19.5 Å².